The number of carbonyl (C=O) groups excluding carboxylic acids is 1. The molecule has 0 spiro atoms. The Labute approximate surface area is 89.5 Å². The highest BCUT2D eigenvalue weighted by molar-refractivity contribution is 5.81. The van der Waals surface area contributed by atoms with Crippen LogP contribution in [0, 0.1) is 11.8 Å². The Kier molecular flexibility index (Phi) is 2.95. The maximum absolute atomic E-state index is 10.9. The van der Waals surface area contributed by atoms with Crippen LogP contribution < -0.4 is 0 Å². The number of esters is 1. The van der Waals surface area contributed by atoms with Crippen molar-refractivity contribution in [3.63, 3.8) is 0 Å². The van der Waals surface area contributed by atoms with E-state index in [1.54, 1.807) is 6.20 Å². The molecule has 0 aromatic rings. The summed E-state index contributed by atoms with van der Waals surface area (Å²) in [5.41, 5.74) is 0. The van der Waals surface area contributed by atoms with Crippen molar-refractivity contribution in [2.75, 3.05) is 20.2 Å². The highest BCUT2D eigenvalue weighted by atomic mass is 16.5. The Balaban J connectivity index is 1.88. The van der Waals surface area contributed by atoms with Gasteiger partial charge in [0, 0.05) is 31.3 Å². The molecule has 4 nitrogen and oxygen atoms in total. The van der Waals surface area contributed by atoms with Crippen LogP contribution in [0.25, 0.3) is 0 Å². The topological polar surface area (TPSA) is 49.8 Å². The quantitative estimate of drug-likeness (QED) is 0.530. The van der Waals surface area contributed by atoms with Gasteiger partial charge in [0.25, 0.3) is 0 Å². The third-order valence-corrected chi connectivity index (χ3v) is 3.47. The van der Waals surface area contributed by atoms with Crippen molar-refractivity contribution in [1.29, 1.82) is 0 Å². The summed E-state index contributed by atoms with van der Waals surface area (Å²) in [5.74, 6) is 0.669. The van der Waals surface area contributed by atoms with Crippen LogP contribution in [0.15, 0.2) is 12.3 Å². The first-order valence-electron chi connectivity index (χ1n) is 5.39. The SMILES string of the molecule is COC(=O)/C=C/N1CC2CCC(O)C2C1. The first kappa shape index (κ1) is 10.5. The van der Waals surface area contributed by atoms with Gasteiger partial charge in [-0.3, -0.25) is 0 Å². The normalized spacial score (nSPS) is 34.8. The van der Waals surface area contributed by atoms with E-state index in [1.807, 2.05) is 0 Å². The van der Waals surface area contributed by atoms with E-state index in [9.17, 15) is 9.90 Å². The second-order valence-electron chi connectivity index (χ2n) is 4.36. The predicted octanol–water partition coefficient (Wildman–Crippen LogP) is 0.376. The van der Waals surface area contributed by atoms with Gasteiger partial charge in [0.2, 0.25) is 0 Å². The smallest absolute Gasteiger partial charge is 0.331 e. The molecule has 3 unspecified atom stereocenters. The summed E-state index contributed by atoms with van der Waals surface area (Å²) in [6.45, 7) is 1.81. The van der Waals surface area contributed by atoms with Crippen molar-refractivity contribution in [1.82, 2.24) is 4.90 Å². The van der Waals surface area contributed by atoms with Crippen molar-refractivity contribution >= 4 is 5.97 Å². The maximum atomic E-state index is 10.9. The molecule has 1 saturated carbocycles. The lowest BCUT2D eigenvalue weighted by molar-refractivity contribution is -0.134. The van der Waals surface area contributed by atoms with Crippen molar-refractivity contribution in [3.8, 4) is 0 Å². The molecule has 1 saturated heterocycles. The largest absolute Gasteiger partial charge is 0.466 e. The van der Waals surface area contributed by atoms with Crippen molar-refractivity contribution in [3.05, 3.63) is 12.3 Å². The summed E-state index contributed by atoms with van der Waals surface area (Å²) in [7, 11) is 1.37. The molecule has 1 aliphatic heterocycles. The molecule has 2 rings (SSSR count). The molecule has 2 aliphatic rings. The minimum Gasteiger partial charge on any atom is -0.466 e. The zero-order chi connectivity index (χ0) is 10.8. The second-order valence-corrected chi connectivity index (χ2v) is 4.36. The van der Waals surface area contributed by atoms with Gasteiger partial charge in [0.1, 0.15) is 0 Å². The number of ether oxygens (including phenoxy) is 1. The van der Waals surface area contributed by atoms with Gasteiger partial charge in [-0.2, -0.15) is 0 Å². The molecular weight excluding hydrogens is 194 g/mol. The van der Waals surface area contributed by atoms with Gasteiger partial charge in [0.05, 0.1) is 13.2 Å². The molecule has 84 valence electrons. The number of rotatable bonds is 2. The third kappa shape index (κ3) is 2.15. The van der Waals surface area contributed by atoms with E-state index < -0.39 is 0 Å². The van der Waals surface area contributed by atoms with Gasteiger partial charge in [-0.25, -0.2) is 4.79 Å². The minimum atomic E-state index is -0.326. The van der Waals surface area contributed by atoms with E-state index in [0.29, 0.717) is 11.8 Å². The summed E-state index contributed by atoms with van der Waals surface area (Å²) >= 11 is 0. The lowest BCUT2D eigenvalue weighted by atomic mass is 10.00. The number of hydrogen-bond acceptors (Lipinski definition) is 4. The summed E-state index contributed by atoms with van der Waals surface area (Å²) < 4.78 is 4.52. The molecule has 15 heavy (non-hydrogen) atoms. The molecule has 0 radical (unpaired) electrons. The van der Waals surface area contributed by atoms with Crippen molar-refractivity contribution < 1.29 is 14.6 Å². The van der Waals surface area contributed by atoms with Crippen LogP contribution in [-0.2, 0) is 9.53 Å². The Hall–Kier alpha value is -1.03. The second kappa shape index (κ2) is 4.23. The molecule has 0 amide bonds. The van der Waals surface area contributed by atoms with Crippen molar-refractivity contribution in [2.45, 2.75) is 18.9 Å². The molecule has 3 atom stereocenters. The average Bonchev–Trinajstić information content (AvgIpc) is 2.78. The lowest BCUT2D eigenvalue weighted by Gasteiger charge is -2.15. The van der Waals surface area contributed by atoms with E-state index in [1.165, 1.54) is 13.2 Å². The van der Waals surface area contributed by atoms with Crippen molar-refractivity contribution in [2.24, 2.45) is 11.8 Å². The Morgan fingerprint density at radius 2 is 2.27 bits per heavy atom. The van der Waals surface area contributed by atoms with Gasteiger partial charge in [-0.05, 0) is 18.8 Å². The zero-order valence-electron chi connectivity index (χ0n) is 8.93. The standard InChI is InChI=1S/C11H17NO3/c1-15-11(14)4-5-12-6-8-2-3-10(13)9(8)7-12/h4-5,8-10,13H,2-3,6-7H2,1H3/b5-4+. The molecule has 4 heteroatoms. The molecule has 2 fully saturated rings. The number of methoxy groups -OCH3 is 1. The van der Waals surface area contributed by atoms with Crippen LogP contribution in [0.1, 0.15) is 12.8 Å². The van der Waals surface area contributed by atoms with Gasteiger partial charge in [-0.15, -0.1) is 0 Å². The van der Waals surface area contributed by atoms with E-state index in [2.05, 4.69) is 9.64 Å². The minimum absolute atomic E-state index is 0.147. The molecular formula is C11H17NO3. The van der Waals surface area contributed by atoms with Crippen LogP contribution in [0.3, 0.4) is 0 Å². The number of aliphatic hydroxyl groups excluding tert-OH is 1. The highest BCUT2D eigenvalue weighted by Gasteiger charge is 2.40. The van der Waals surface area contributed by atoms with Crippen LogP contribution in [0.2, 0.25) is 0 Å². The van der Waals surface area contributed by atoms with Gasteiger partial charge in [-0.1, -0.05) is 0 Å². The van der Waals surface area contributed by atoms with E-state index in [4.69, 9.17) is 0 Å². The van der Waals surface area contributed by atoms with Gasteiger partial charge in [0.15, 0.2) is 0 Å². The Morgan fingerprint density at radius 1 is 1.47 bits per heavy atom. The van der Waals surface area contributed by atoms with Gasteiger partial charge < -0.3 is 14.7 Å². The average molecular weight is 211 g/mol. The highest BCUT2D eigenvalue weighted by Crippen LogP contribution is 2.37. The molecule has 0 aromatic heterocycles. The van der Waals surface area contributed by atoms with E-state index in [0.717, 1.165) is 25.9 Å². The van der Waals surface area contributed by atoms with Gasteiger partial charge >= 0.3 is 5.97 Å². The fraction of sp³-hybridized carbons (Fsp3) is 0.727. The van der Waals surface area contributed by atoms with Crippen LogP contribution >= 0.6 is 0 Å². The number of likely N-dealkylation sites (tertiary alicyclic amines) is 1. The summed E-state index contributed by atoms with van der Waals surface area (Å²) in [5, 5.41) is 9.70. The first-order valence-corrected chi connectivity index (χ1v) is 5.39. The Morgan fingerprint density at radius 3 is 2.93 bits per heavy atom. The van der Waals surface area contributed by atoms with Crippen LogP contribution in [0.4, 0.5) is 0 Å². The number of nitrogens with zero attached hydrogens (tertiary/aromatic N) is 1. The molecule has 1 heterocycles. The third-order valence-electron chi connectivity index (χ3n) is 3.47. The molecule has 1 N–H and O–H groups in total. The summed E-state index contributed by atoms with van der Waals surface area (Å²) in [6.07, 6.45) is 5.11. The fourth-order valence-corrected chi connectivity index (χ4v) is 2.63. The lowest BCUT2D eigenvalue weighted by Crippen LogP contribution is -2.21. The van der Waals surface area contributed by atoms with Crippen LogP contribution in [0.5, 0.6) is 0 Å². The number of fused-ring (bicyclic) bond motifs is 1. The zero-order valence-corrected chi connectivity index (χ0v) is 8.93. The molecule has 1 aliphatic carbocycles. The number of carbonyl (C=O) groups is 1. The summed E-state index contributed by atoms with van der Waals surface area (Å²) in [6, 6.07) is 0. The number of hydrogen-bond donors (Lipinski definition) is 1. The predicted molar refractivity (Wildman–Crippen MR) is 54.9 cm³/mol. The van der Waals surface area contributed by atoms with Crippen LogP contribution in [-0.4, -0.2) is 42.3 Å². The first-order chi connectivity index (χ1) is 7.20. The fourth-order valence-electron chi connectivity index (χ4n) is 2.63. The monoisotopic (exact) mass is 211 g/mol. The van der Waals surface area contributed by atoms with E-state index in [-0.39, 0.29) is 12.1 Å². The number of aliphatic hydroxyl groups is 1. The van der Waals surface area contributed by atoms with E-state index >= 15 is 0 Å². The maximum Gasteiger partial charge on any atom is 0.331 e. The molecule has 0 aromatic carbocycles. The Bertz CT molecular complexity index is 277. The summed E-state index contributed by atoms with van der Waals surface area (Å²) in [4.78, 5) is 13.0. The molecule has 0 bridgehead atoms.